The minimum Gasteiger partial charge on any atom is -0.466 e. The monoisotopic (exact) mass is 525 g/mol. The van der Waals surface area contributed by atoms with Gasteiger partial charge in [0.1, 0.15) is 23.0 Å². The Hall–Kier alpha value is -2.71. The molecule has 4 heterocycles. The highest BCUT2D eigenvalue weighted by Gasteiger charge is 2.20. The van der Waals surface area contributed by atoms with E-state index in [-0.39, 0.29) is 0 Å². The number of thiazole rings is 1. The van der Waals surface area contributed by atoms with Gasteiger partial charge in [-0.05, 0) is 68.8 Å². The third-order valence-electron chi connectivity index (χ3n) is 5.19. The van der Waals surface area contributed by atoms with Crippen LogP contribution in [0.3, 0.4) is 0 Å². The Bertz CT molecular complexity index is 1300. The summed E-state index contributed by atoms with van der Waals surface area (Å²) in [6.07, 6.45) is 2.08. The zero-order valence-electron chi connectivity index (χ0n) is 19.7. The number of nitrogens with two attached hydrogens (primary N) is 1. The van der Waals surface area contributed by atoms with Crippen molar-refractivity contribution in [3.8, 4) is 0 Å². The number of fused-ring (bicyclic) bond motifs is 2. The second-order valence-electron chi connectivity index (χ2n) is 7.95. The highest BCUT2D eigenvalue weighted by Crippen LogP contribution is 2.39. The quantitative estimate of drug-likeness (QED) is 0.247. The van der Waals surface area contributed by atoms with Crippen molar-refractivity contribution in [1.29, 1.82) is 0 Å². The van der Waals surface area contributed by atoms with Crippen LogP contribution < -0.4 is 11.1 Å². The fourth-order valence-corrected chi connectivity index (χ4v) is 5.68. The zero-order valence-corrected chi connectivity index (χ0v) is 22.1. The van der Waals surface area contributed by atoms with E-state index in [0.717, 1.165) is 46.1 Å². The molecule has 5 nitrogen and oxygen atoms in total. The number of benzene rings is 2. The Balaban J connectivity index is 0.000000136. The smallest absolute Gasteiger partial charge is 0.184 e. The van der Waals surface area contributed by atoms with Crippen molar-refractivity contribution in [2.24, 2.45) is 5.73 Å². The normalized spacial score (nSPS) is 13.9. The van der Waals surface area contributed by atoms with Crippen LogP contribution in [0.2, 0.25) is 4.47 Å². The molecule has 3 aromatic heterocycles. The van der Waals surface area contributed by atoms with Crippen molar-refractivity contribution in [3.63, 3.8) is 0 Å². The molecule has 3 N–H and O–H groups in total. The van der Waals surface area contributed by atoms with Crippen LogP contribution >= 0.6 is 34.7 Å². The first-order valence-electron chi connectivity index (χ1n) is 11.3. The van der Waals surface area contributed by atoms with E-state index in [9.17, 15) is 0 Å². The summed E-state index contributed by atoms with van der Waals surface area (Å²) >= 11 is 9.11. The summed E-state index contributed by atoms with van der Waals surface area (Å²) in [5, 5.41) is 4.00. The molecule has 0 aliphatic carbocycles. The summed E-state index contributed by atoms with van der Waals surface area (Å²) in [4.78, 5) is 5.45. The van der Waals surface area contributed by atoms with E-state index in [2.05, 4.69) is 40.6 Å². The number of aryl methyl sites for hydroxylation is 3. The van der Waals surface area contributed by atoms with E-state index in [1.807, 2.05) is 68.1 Å². The Morgan fingerprint density at radius 3 is 2.23 bits per heavy atom. The van der Waals surface area contributed by atoms with E-state index < -0.39 is 0 Å². The number of furan rings is 2. The summed E-state index contributed by atoms with van der Waals surface area (Å²) in [7, 11) is 0. The Kier molecular flexibility index (Phi) is 8.93. The van der Waals surface area contributed by atoms with Crippen LogP contribution in [0.5, 0.6) is 0 Å². The van der Waals surface area contributed by atoms with Crippen LogP contribution in [-0.4, -0.2) is 10.4 Å². The molecule has 1 aliphatic rings. The topological polar surface area (TPSA) is 77.2 Å². The van der Waals surface area contributed by atoms with E-state index in [1.165, 1.54) is 21.9 Å². The molecule has 1 atom stereocenters. The number of anilines is 1. The minimum absolute atomic E-state index is 0.470. The Labute approximate surface area is 218 Å². The van der Waals surface area contributed by atoms with Crippen molar-refractivity contribution in [1.82, 2.24) is 4.98 Å². The van der Waals surface area contributed by atoms with Gasteiger partial charge in [0, 0.05) is 17.0 Å². The molecule has 35 heavy (non-hydrogen) atoms. The molecule has 0 radical (unpaired) electrons. The van der Waals surface area contributed by atoms with Gasteiger partial charge in [-0.1, -0.05) is 47.6 Å². The van der Waals surface area contributed by atoms with Crippen LogP contribution in [0.15, 0.2) is 86.5 Å². The molecule has 2 aromatic carbocycles. The fraction of sp³-hybridized carbons (Fsp3) is 0.222. The van der Waals surface area contributed by atoms with Crippen LogP contribution in [0, 0.1) is 13.8 Å². The lowest BCUT2D eigenvalue weighted by molar-refractivity contribution is 0.478. The lowest BCUT2D eigenvalue weighted by atomic mass is 10.2. The Morgan fingerprint density at radius 2 is 1.60 bits per heavy atom. The van der Waals surface area contributed by atoms with Gasteiger partial charge in [0.2, 0.25) is 0 Å². The van der Waals surface area contributed by atoms with Gasteiger partial charge in [-0.3, -0.25) is 0 Å². The first-order chi connectivity index (χ1) is 17.0. The molecule has 0 bridgehead atoms. The van der Waals surface area contributed by atoms with Gasteiger partial charge < -0.3 is 19.9 Å². The minimum atomic E-state index is 0.470. The Morgan fingerprint density at radius 1 is 0.914 bits per heavy atom. The number of hydrogen-bond donors (Lipinski definition) is 2. The predicted molar refractivity (Wildman–Crippen MR) is 147 cm³/mol. The summed E-state index contributed by atoms with van der Waals surface area (Å²) in [5.41, 5.74) is 7.52. The molecule has 0 fully saturated rings. The predicted octanol–water partition coefficient (Wildman–Crippen LogP) is 8.06. The largest absolute Gasteiger partial charge is 0.466 e. The van der Waals surface area contributed by atoms with Crippen molar-refractivity contribution in [3.05, 3.63) is 100 Å². The van der Waals surface area contributed by atoms with Crippen molar-refractivity contribution in [2.75, 3.05) is 5.32 Å². The van der Waals surface area contributed by atoms with Gasteiger partial charge in [0.25, 0.3) is 0 Å². The second kappa shape index (κ2) is 12.3. The molecular formula is C27H28ClN3O2S2. The second-order valence-corrected chi connectivity index (χ2v) is 10.8. The van der Waals surface area contributed by atoms with Crippen molar-refractivity contribution < 1.29 is 8.83 Å². The third kappa shape index (κ3) is 7.39. The maximum atomic E-state index is 5.69. The summed E-state index contributed by atoms with van der Waals surface area (Å²) in [6.45, 7) is 4.38. The summed E-state index contributed by atoms with van der Waals surface area (Å²) in [6, 6.07) is 24.3. The number of nitrogens with zero attached hydrogens (tertiary/aromatic N) is 1. The maximum absolute atomic E-state index is 5.69. The number of halogens is 1. The zero-order chi connectivity index (χ0) is 24.6. The van der Waals surface area contributed by atoms with Crippen molar-refractivity contribution >= 4 is 50.6 Å². The first-order valence-corrected chi connectivity index (χ1v) is 13.4. The van der Waals surface area contributed by atoms with Gasteiger partial charge in [0.05, 0.1) is 22.1 Å². The van der Waals surface area contributed by atoms with Gasteiger partial charge in [-0.2, -0.15) is 0 Å². The number of nitrogens with one attached hydrogen (secondary N) is 1. The summed E-state index contributed by atoms with van der Waals surface area (Å²) < 4.78 is 12.4. The molecule has 0 saturated carbocycles. The van der Waals surface area contributed by atoms with Gasteiger partial charge in [0.15, 0.2) is 4.47 Å². The molecule has 0 spiro atoms. The molecule has 1 unspecified atom stereocenters. The van der Waals surface area contributed by atoms with E-state index in [1.54, 1.807) is 0 Å². The van der Waals surface area contributed by atoms with E-state index >= 15 is 0 Å². The van der Waals surface area contributed by atoms with Gasteiger partial charge >= 0.3 is 0 Å². The van der Waals surface area contributed by atoms with Crippen LogP contribution in [0.4, 0.5) is 5.69 Å². The van der Waals surface area contributed by atoms with E-state index in [4.69, 9.17) is 26.2 Å². The van der Waals surface area contributed by atoms with E-state index in [0.29, 0.717) is 16.4 Å². The fourth-order valence-electron chi connectivity index (χ4n) is 3.51. The molecular weight excluding hydrogens is 498 g/mol. The molecule has 5 aromatic rings. The molecule has 6 rings (SSSR count). The number of hydrogen-bond acceptors (Lipinski definition) is 7. The lowest BCUT2D eigenvalue weighted by Gasteiger charge is -2.08. The van der Waals surface area contributed by atoms with Gasteiger partial charge in [-0.25, -0.2) is 4.98 Å². The average Bonchev–Trinajstić information content (AvgIpc) is 3.64. The molecule has 1 aliphatic heterocycles. The van der Waals surface area contributed by atoms with Crippen LogP contribution in [0.25, 0.3) is 10.2 Å². The number of rotatable bonds is 4. The van der Waals surface area contributed by atoms with Crippen LogP contribution in [-0.2, 0) is 13.0 Å². The first kappa shape index (κ1) is 25.4. The number of thioether (sulfide) groups is 1. The molecule has 182 valence electrons. The SMILES string of the molecule is Cc1ccc(CCC2Nc3ccccc3S2)o1.Cc1ccc(CN)o1.Clc1nc2ccccc2s1. The average molecular weight is 526 g/mol. The number of para-hydroxylation sites is 2. The summed E-state index contributed by atoms with van der Waals surface area (Å²) in [5.74, 6) is 3.85. The lowest BCUT2D eigenvalue weighted by Crippen LogP contribution is -2.10. The standard InChI is InChI=1S/C14H15NOS.C7H4ClNS.C6H9NO/c1-10-6-7-11(16-10)8-9-14-15-12-4-2-3-5-13(12)17-14;8-7-9-5-3-1-2-4-6(5)10-7;1-5-2-3-6(4-7)8-5/h2-7,14-15H,8-9H2,1H3;1-4H;2-3H,4,7H2,1H3. The van der Waals surface area contributed by atoms with Crippen molar-refractivity contribution in [2.45, 2.75) is 43.5 Å². The highest BCUT2D eigenvalue weighted by atomic mass is 35.5. The molecule has 8 heteroatoms. The van der Waals surface area contributed by atoms with Gasteiger partial charge in [-0.15, -0.1) is 11.3 Å². The third-order valence-corrected chi connectivity index (χ3v) is 7.58. The highest BCUT2D eigenvalue weighted by molar-refractivity contribution is 8.00. The maximum Gasteiger partial charge on any atom is 0.184 e. The number of aromatic nitrogens is 1. The van der Waals surface area contributed by atoms with Crippen LogP contribution in [0.1, 0.15) is 29.5 Å². The molecule has 0 amide bonds. The molecule has 0 saturated heterocycles.